The lowest BCUT2D eigenvalue weighted by molar-refractivity contribution is -0.167. The highest BCUT2D eigenvalue weighted by atomic mass is 16.6. The minimum Gasteiger partial charge on any atom is -0.462 e. The summed E-state index contributed by atoms with van der Waals surface area (Å²) in [7, 11) is 0. The Balaban J connectivity index is 4.27. The van der Waals surface area contributed by atoms with Crippen molar-refractivity contribution in [2.24, 2.45) is 0 Å². The lowest BCUT2D eigenvalue weighted by Gasteiger charge is -2.18. The smallest absolute Gasteiger partial charge is 0.306 e. The van der Waals surface area contributed by atoms with Crippen molar-refractivity contribution >= 4 is 17.9 Å². The standard InChI is InChI=1S/C64H112O6/c1-4-7-10-13-16-19-22-25-27-28-29-30-31-32-33-34-35-36-38-39-42-45-48-51-54-57-63(66)69-60-61(59-68-62(65)56-53-50-47-44-41-24-21-18-15-12-9-6-3)70-64(67)58-55-52-49-46-43-40-37-26-23-20-17-14-11-8-5-2/h8,11,17-18,20-22,25-26,28-29,37,61H,4-7,9-10,12-16,19,23-24,27,30-36,38-60H2,1-3H3/b11-8-,20-17-,21-18-,25-22-,29-28-,37-26-. The average molecular weight is 978 g/mol. The molecule has 0 aliphatic heterocycles. The van der Waals surface area contributed by atoms with Gasteiger partial charge in [0.15, 0.2) is 6.10 Å². The van der Waals surface area contributed by atoms with Gasteiger partial charge < -0.3 is 14.2 Å². The summed E-state index contributed by atoms with van der Waals surface area (Å²) in [6.45, 7) is 6.49. The summed E-state index contributed by atoms with van der Waals surface area (Å²) in [4.78, 5) is 38.1. The maximum absolute atomic E-state index is 12.8. The lowest BCUT2D eigenvalue weighted by Crippen LogP contribution is -2.30. The van der Waals surface area contributed by atoms with Gasteiger partial charge in [-0.3, -0.25) is 14.4 Å². The van der Waals surface area contributed by atoms with Gasteiger partial charge in [0.1, 0.15) is 13.2 Å². The van der Waals surface area contributed by atoms with E-state index in [1.807, 2.05) is 0 Å². The summed E-state index contributed by atoms with van der Waals surface area (Å²) in [6.07, 6.45) is 74.8. The second-order valence-corrected chi connectivity index (χ2v) is 19.9. The molecule has 1 atom stereocenters. The Morgan fingerprint density at radius 3 is 0.914 bits per heavy atom. The van der Waals surface area contributed by atoms with Crippen molar-refractivity contribution in [2.75, 3.05) is 13.2 Å². The molecule has 0 aromatic heterocycles. The predicted molar refractivity (Wildman–Crippen MR) is 302 cm³/mol. The molecule has 0 spiro atoms. The molecule has 0 bridgehead atoms. The van der Waals surface area contributed by atoms with Crippen LogP contribution in [0.1, 0.15) is 297 Å². The van der Waals surface area contributed by atoms with Crippen LogP contribution < -0.4 is 0 Å². The number of hydrogen-bond acceptors (Lipinski definition) is 6. The second kappa shape index (κ2) is 58.4. The van der Waals surface area contributed by atoms with Crippen molar-refractivity contribution in [2.45, 2.75) is 303 Å². The van der Waals surface area contributed by atoms with E-state index in [9.17, 15) is 14.4 Å². The fraction of sp³-hybridized carbons (Fsp3) is 0.766. The van der Waals surface area contributed by atoms with Crippen molar-refractivity contribution in [3.05, 3.63) is 72.9 Å². The van der Waals surface area contributed by atoms with Gasteiger partial charge in [0.25, 0.3) is 0 Å². The third-order valence-corrected chi connectivity index (χ3v) is 12.9. The molecule has 0 saturated heterocycles. The first-order chi connectivity index (χ1) is 34.5. The number of allylic oxidation sites excluding steroid dienone is 12. The van der Waals surface area contributed by atoms with Gasteiger partial charge in [-0.05, 0) is 109 Å². The van der Waals surface area contributed by atoms with Crippen LogP contribution in [-0.4, -0.2) is 37.2 Å². The highest BCUT2D eigenvalue weighted by Crippen LogP contribution is 2.16. The van der Waals surface area contributed by atoms with E-state index < -0.39 is 6.10 Å². The van der Waals surface area contributed by atoms with E-state index in [1.165, 1.54) is 148 Å². The lowest BCUT2D eigenvalue weighted by atomic mass is 10.0. The summed E-state index contributed by atoms with van der Waals surface area (Å²) in [5.74, 6) is -0.903. The molecule has 0 amide bonds. The second-order valence-electron chi connectivity index (χ2n) is 19.9. The quantitative estimate of drug-likeness (QED) is 0.0261. The van der Waals surface area contributed by atoms with Crippen LogP contribution in [0.2, 0.25) is 0 Å². The van der Waals surface area contributed by atoms with Gasteiger partial charge in [-0.25, -0.2) is 0 Å². The fourth-order valence-corrected chi connectivity index (χ4v) is 8.42. The van der Waals surface area contributed by atoms with Crippen LogP contribution in [-0.2, 0) is 28.6 Å². The van der Waals surface area contributed by atoms with Crippen molar-refractivity contribution in [3.8, 4) is 0 Å². The van der Waals surface area contributed by atoms with E-state index >= 15 is 0 Å². The molecule has 1 unspecified atom stereocenters. The van der Waals surface area contributed by atoms with E-state index in [0.717, 1.165) is 109 Å². The Morgan fingerprint density at radius 1 is 0.300 bits per heavy atom. The highest BCUT2D eigenvalue weighted by Gasteiger charge is 2.19. The Labute approximate surface area is 433 Å². The summed E-state index contributed by atoms with van der Waals surface area (Å²) < 4.78 is 16.8. The molecule has 70 heavy (non-hydrogen) atoms. The number of hydrogen-bond donors (Lipinski definition) is 0. The molecule has 0 aliphatic carbocycles. The first kappa shape index (κ1) is 66.9. The third kappa shape index (κ3) is 55.8. The van der Waals surface area contributed by atoms with Crippen LogP contribution in [0.15, 0.2) is 72.9 Å². The molecule has 0 fully saturated rings. The molecule has 0 aromatic carbocycles. The molecule has 0 aromatic rings. The van der Waals surface area contributed by atoms with E-state index in [0.29, 0.717) is 19.3 Å². The molecule has 0 aliphatic rings. The van der Waals surface area contributed by atoms with Gasteiger partial charge in [-0.2, -0.15) is 0 Å². The van der Waals surface area contributed by atoms with Crippen molar-refractivity contribution in [1.29, 1.82) is 0 Å². The summed E-state index contributed by atoms with van der Waals surface area (Å²) >= 11 is 0. The summed E-state index contributed by atoms with van der Waals surface area (Å²) in [5.41, 5.74) is 0. The highest BCUT2D eigenvalue weighted by molar-refractivity contribution is 5.71. The zero-order valence-corrected chi connectivity index (χ0v) is 46.3. The largest absolute Gasteiger partial charge is 0.462 e. The van der Waals surface area contributed by atoms with Gasteiger partial charge in [0.05, 0.1) is 0 Å². The zero-order chi connectivity index (χ0) is 50.7. The first-order valence-electron chi connectivity index (χ1n) is 29.9. The molecule has 0 heterocycles. The van der Waals surface area contributed by atoms with Gasteiger partial charge in [0.2, 0.25) is 0 Å². The maximum Gasteiger partial charge on any atom is 0.306 e. The minimum atomic E-state index is -0.788. The summed E-state index contributed by atoms with van der Waals surface area (Å²) in [5, 5.41) is 0. The molecule has 404 valence electrons. The Bertz CT molecular complexity index is 1310. The molecular formula is C64H112O6. The number of ether oxygens (including phenoxy) is 3. The number of esters is 3. The monoisotopic (exact) mass is 977 g/mol. The molecule has 0 N–H and O–H groups in total. The minimum absolute atomic E-state index is 0.0844. The number of carbonyl (C=O) groups is 3. The Hall–Kier alpha value is -3.15. The van der Waals surface area contributed by atoms with Crippen molar-refractivity contribution < 1.29 is 28.6 Å². The van der Waals surface area contributed by atoms with Crippen LogP contribution >= 0.6 is 0 Å². The number of unbranched alkanes of at least 4 members (excludes halogenated alkanes) is 31. The summed E-state index contributed by atoms with van der Waals surface area (Å²) in [6, 6.07) is 0. The van der Waals surface area contributed by atoms with Crippen LogP contribution in [0.3, 0.4) is 0 Å². The van der Waals surface area contributed by atoms with E-state index in [2.05, 4.69) is 93.7 Å². The number of carbonyl (C=O) groups excluding carboxylic acids is 3. The topological polar surface area (TPSA) is 78.9 Å². The van der Waals surface area contributed by atoms with Crippen molar-refractivity contribution in [1.82, 2.24) is 0 Å². The molecule has 0 radical (unpaired) electrons. The van der Waals surface area contributed by atoms with Crippen LogP contribution in [0.5, 0.6) is 0 Å². The normalized spacial score (nSPS) is 12.6. The first-order valence-corrected chi connectivity index (χ1v) is 29.9. The van der Waals surface area contributed by atoms with E-state index in [1.54, 1.807) is 0 Å². The van der Waals surface area contributed by atoms with Crippen LogP contribution in [0.25, 0.3) is 0 Å². The maximum atomic E-state index is 12.8. The average Bonchev–Trinajstić information content (AvgIpc) is 3.36. The Kier molecular flexibility index (Phi) is 55.8. The SMILES string of the molecule is CC/C=C\C/C=C\C/C=C\CCCCCCCC(=O)OC(COC(=O)CCCCCCC/C=C\CCCCC)COC(=O)CCCCCCCCCCCCCCC/C=C\C/C=C\CCCCCCC. The van der Waals surface area contributed by atoms with Crippen LogP contribution in [0.4, 0.5) is 0 Å². The number of rotatable bonds is 54. The molecule has 0 saturated carbocycles. The van der Waals surface area contributed by atoms with Crippen LogP contribution in [0, 0.1) is 0 Å². The van der Waals surface area contributed by atoms with Gasteiger partial charge in [0, 0.05) is 19.3 Å². The van der Waals surface area contributed by atoms with E-state index in [-0.39, 0.29) is 31.1 Å². The van der Waals surface area contributed by atoms with Gasteiger partial charge >= 0.3 is 17.9 Å². The van der Waals surface area contributed by atoms with Gasteiger partial charge in [-0.1, -0.05) is 241 Å². The molecular weight excluding hydrogens is 865 g/mol. The van der Waals surface area contributed by atoms with E-state index in [4.69, 9.17) is 14.2 Å². The fourth-order valence-electron chi connectivity index (χ4n) is 8.42. The zero-order valence-electron chi connectivity index (χ0n) is 46.3. The van der Waals surface area contributed by atoms with Crippen molar-refractivity contribution in [3.63, 3.8) is 0 Å². The molecule has 6 heteroatoms. The molecule has 6 nitrogen and oxygen atoms in total. The molecule has 0 rings (SSSR count). The Morgan fingerprint density at radius 2 is 0.557 bits per heavy atom. The third-order valence-electron chi connectivity index (χ3n) is 12.9. The van der Waals surface area contributed by atoms with Gasteiger partial charge in [-0.15, -0.1) is 0 Å². The predicted octanol–water partition coefficient (Wildman–Crippen LogP) is 20.2.